The Bertz CT molecular complexity index is 409. The van der Waals surface area contributed by atoms with Crippen LogP contribution in [-0.4, -0.2) is 14.6 Å². The normalized spacial score (nSPS) is 10.5. The lowest BCUT2D eigenvalue weighted by atomic mass is 10.5. The number of nitrogen functional groups attached to an aromatic ring is 1. The molecule has 5 nitrogen and oxygen atoms in total. The molecule has 0 bridgehead atoms. The molecule has 6 heteroatoms. The molecule has 12 heavy (non-hydrogen) atoms. The largest absolute Gasteiger partial charge is 0.306 e. The Morgan fingerprint density at radius 2 is 2.42 bits per heavy atom. The van der Waals surface area contributed by atoms with Gasteiger partial charge < -0.3 is 5.43 Å². The highest BCUT2D eigenvalue weighted by Gasteiger charge is 2.04. The van der Waals surface area contributed by atoms with Gasteiger partial charge in [-0.1, -0.05) is 0 Å². The van der Waals surface area contributed by atoms with Gasteiger partial charge in [0.2, 0.25) is 0 Å². The molecular weight excluding hydrogens is 161 g/mol. The fourth-order valence-electron chi connectivity index (χ4n) is 0.933. The fourth-order valence-corrected chi connectivity index (χ4v) is 0.933. The first-order valence-corrected chi connectivity index (χ1v) is 3.28. The number of fused-ring (bicyclic) bond motifs is 1. The van der Waals surface area contributed by atoms with E-state index in [1.54, 1.807) is 6.07 Å². The number of anilines is 1. The number of aromatic nitrogens is 3. The highest BCUT2D eigenvalue weighted by Crippen LogP contribution is 2.09. The lowest BCUT2D eigenvalue weighted by Gasteiger charge is -2.00. The molecule has 0 radical (unpaired) electrons. The van der Waals surface area contributed by atoms with Gasteiger partial charge in [0.05, 0.1) is 12.4 Å². The van der Waals surface area contributed by atoms with E-state index in [1.165, 1.54) is 16.9 Å². The van der Waals surface area contributed by atoms with Crippen LogP contribution in [0, 0.1) is 5.82 Å². The van der Waals surface area contributed by atoms with Gasteiger partial charge in [-0.25, -0.2) is 19.7 Å². The maximum Gasteiger partial charge on any atom is 0.185 e. The molecule has 0 aliphatic rings. The van der Waals surface area contributed by atoms with Crippen LogP contribution < -0.4 is 11.3 Å². The van der Waals surface area contributed by atoms with E-state index in [4.69, 9.17) is 5.84 Å². The van der Waals surface area contributed by atoms with Gasteiger partial charge >= 0.3 is 0 Å². The third-order valence-electron chi connectivity index (χ3n) is 1.47. The Labute approximate surface area is 67.0 Å². The van der Waals surface area contributed by atoms with E-state index in [9.17, 15) is 4.39 Å². The molecule has 0 atom stereocenters. The SMILES string of the molecule is NNc1nc2ccnn2cc1F. The van der Waals surface area contributed by atoms with E-state index in [1.807, 2.05) is 0 Å². The zero-order valence-corrected chi connectivity index (χ0v) is 6.03. The van der Waals surface area contributed by atoms with Crippen molar-refractivity contribution in [2.75, 3.05) is 5.43 Å². The van der Waals surface area contributed by atoms with E-state index >= 15 is 0 Å². The molecule has 2 rings (SSSR count). The molecule has 2 aromatic heterocycles. The van der Waals surface area contributed by atoms with E-state index in [0.717, 1.165) is 0 Å². The second kappa shape index (κ2) is 2.42. The molecule has 62 valence electrons. The zero-order valence-electron chi connectivity index (χ0n) is 6.03. The average molecular weight is 167 g/mol. The minimum absolute atomic E-state index is 0.0167. The van der Waals surface area contributed by atoms with Crippen LogP contribution in [0.1, 0.15) is 0 Å². The third-order valence-corrected chi connectivity index (χ3v) is 1.47. The van der Waals surface area contributed by atoms with Crippen LogP contribution in [0.3, 0.4) is 0 Å². The number of hydrogen-bond donors (Lipinski definition) is 2. The van der Waals surface area contributed by atoms with Crippen molar-refractivity contribution < 1.29 is 4.39 Å². The Morgan fingerprint density at radius 3 is 3.17 bits per heavy atom. The fraction of sp³-hybridized carbons (Fsp3) is 0. The molecule has 0 spiro atoms. The number of hydrogen-bond acceptors (Lipinski definition) is 4. The monoisotopic (exact) mass is 167 g/mol. The van der Waals surface area contributed by atoms with Crippen LogP contribution in [0.15, 0.2) is 18.5 Å². The van der Waals surface area contributed by atoms with Crippen LogP contribution in [0.4, 0.5) is 10.2 Å². The summed E-state index contributed by atoms with van der Waals surface area (Å²) in [5, 5.41) is 3.80. The summed E-state index contributed by atoms with van der Waals surface area (Å²) in [6.07, 6.45) is 2.74. The molecule has 0 saturated heterocycles. The molecule has 0 saturated carbocycles. The van der Waals surface area contributed by atoms with Crippen molar-refractivity contribution in [2.24, 2.45) is 5.84 Å². The van der Waals surface area contributed by atoms with E-state index in [2.05, 4.69) is 15.5 Å². The topological polar surface area (TPSA) is 68.2 Å². The van der Waals surface area contributed by atoms with Gasteiger partial charge in [0, 0.05) is 6.07 Å². The summed E-state index contributed by atoms with van der Waals surface area (Å²) in [5.74, 6) is 4.51. The first-order chi connectivity index (χ1) is 5.81. The molecule has 2 aromatic rings. The summed E-state index contributed by atoms with van der Waals surface area (Å²) in [6, 6.07) is 1.65. The first kappa shape index (κ1) is 6.99. The minimum atomic E-state index is -0.534. The molecule has 0 aromatic carbocycles. The van der Waals surface area contributed by atoms with E-state index < -0.39 is 5.82 Å². The number of hydrazine groups is 1. The summed E-state index contributed by atoms with van der Waals surface area (Å²) in [4.78, 5) is 3.84. The van der Waals surface area contributed by atoms with E-state index in [-0.39, 0.29) is 5.82 Å². The van der Waals surface area contributed by atoms with Gasteiger partial charge in [0.1, 0.15) is 0 Å². The zero-order chi connectivity index (χ0) is 8.55. The summed E-state index contributed by atoms with van der Waals surface area (Å²) in [6.45, 7) is 0. The predicted molar refractivity (Wildman–Crippen MR) is 40.8 cm³/mol. The molecular formula is C6H6FN5. The second-order valence-electron chi connectivity index (χ2n) is 2.22. The van der Waals surface area contributed by atoms with Crippen LogP contribution in [0.25, 0.3) is 5.65 Å². The van der Waals surface area contributed by atoms with Crippen molar-refractivity contribution >= 4 is 11.5 Å². The average Bonchev–Trinajstić information content (AvgIpc) is 2.49. The molecule has 0 amide bonds. The maximum absolute atomic E-state index is 12.9. The van der Waals surface area contributed by atoms with Gasteiger partial charge in [-0.05, 0) is 0 Å². The van der Waals surface area contributed by atoms with Crippen molar-refractivity contribution in [1.29, 1.82) is 0 Å². The Hall–Kier alpha value is -1.69. The van der Waals surface area contributed by atoms with Gasteiger partial charge in [-0.2, -0.15) is 5.10 Å². The summed E-state index contributed by atoms with van der Waals surface area (Å²) < 4.78 is 14.3. The quantitative estimate of drug-likeness (QED) is 0.468. The van der Waals surface area contributed by atoms with E-state index in [0.29, 0.717) is 5.65 Å². The maximum atomic E-state index is 12.9. The molecule has 2 heterocycles. The summed E-state index contributed by atoms with van der Waals surface area (Å²) in [5.41, 5.74) is 2.70. The van der Waals surface area contributed by atoms with Crippen molar-refractivity contribution in [3.8, 4) is 0 Å². The molecule has 0 unspecified atom stereocenters. The predicted octanol–water partition coefficient (Wildman–Crippen LogP) is 0.154. The molecule has 0 aliphatic carbocycles. The van der Waals surface area contributed by atoms with Crippen LogP contribution in [0.2, 0.25) is 0 Å². The van der Waals surface area contributed by atoms with Gasteiger partial charge in [0.25, 0.3) is 0 Å². The highest BCUT2D eigenvalue weighted by molar-refractivity contribution is 5.45. The van der Waals surface area contributed by atoms with Gasteiger partial charge in [-0.15, -0.1) is 0 Å². The Balaban J connectivity index is 2.73. The molecule has 3 N–H and O–H groups in total. The molecule has 0 fully saturated rings. The van der Waals surface area contributed by atoms with Crippen molar-refractivity contribution in [3.63, 3.8) is 0 Å². The van der Waals surface area contributed by atoms with Crippen molar-refractivity contribution in [2.45, 2.75) is 0 Å². The number of rotatable bonds is 1. The van der Waals surface area contributed by atoms with Crippen LogP contribution in [0.5, 0.6) is 0 Å². The number of nitrogens with zero attached hydrogens (tertiary/aromatic N) is 3. The number of nitrogens with one attached hydrogen (secondary N) is 1. The third kappa shape index (κ3) is 0.892. The lowest BCUT2D eigenvalue weighted by molar-refractivity contribution is 0.611. The lowest BCUT2D eigenvalue weighted by Crippen LogP contribution is -2.11. The van der Waals surface area contributed by atoms with Crippen molar-refractivity contribution in [1.82, 2.24) is 14.6 Å². The standard InChI is InChI=1S/C6H6FN5/c7-4-3-12-5(1-2-9-12)10-6(4)11-8/h1-3H,8H2,(H,10,11). The van der Waals surface area contributed by atoms with Gasteiger partial charge in [-0.3, -0.25) is 0 Å². The van der Waals surface area contributed by atoms with Crippen LogP contribution >= 0.6 is 0 Å². The second-order valence-corrected chi connectivity index (χ2v) is 2.22. The number of nitrogens with two attached hydrogens (primary N) is 1. The van der Waals surface area contributed by atoms with Crippen LogP contribution in [-0.2, 0) is 0 Å². The van der Waals surface area contributed by atoms with Crippen molar-refractivity contribution in [3.05, 3.63) is 24.3 Å². The smallest absolute Gasteiger partial charge is 0.185 e. The Kier molecular flexibility index (Phi) is 1.41. The minimum Gasteiger partial charge on any atom is -0.306 e. The first-order valence-electron chi connectivity index (χ1n) is 3.28. The molecule has 0 aliphatic heterocycles. The summed E-state index contributed by atoms with van der Waals surface area (Å²) >= 11 is 0. The summed E-state index contributed by atoms with van der Waals surface area (Å²) in [7, 11) is 0. The number of halogens is 1. The Morgan fingerprint density at radius 1 is 1.58 bits per heavy atom. The highest BCUT2D eigenvalue weighted by atomic mass is 19.1. The van der Waals surface area contributed by atoms with Gasteiger partial charge in [0.15, 0.2) is 17.3 Å².